The molecule has 1 unspecified atom stereocenters. The van der Waals surface area contributed by atoms with E-state index in [-0.39, 0.29) is 24.2 Å². The van der Waals surface area contributed by atoms with Crippen LogP contribution in [0.2, 0.25) is 0 Å². The molecule has 0 N–H and O–H groups in total. The molecule has 142 valence electrons. The fourth-order valence-corrected chi connectivity index (χ4v) is 3.29. The number of aromatic nitrogens is 5. The quantitative estimate of drug-likeness (QED) is 0.597. The number of rotatable bonds is 7. The van der Waals surface area contributed by atoms with Crippen LogP contribution < -0.4 is 0 Å². The van der Waals surface area contributed by atoms with Gasteiger partial charge in [0.25, 0.3) is 0 Å². The molecule has 2 heterocycles. The first-order chi connectivity index (χ1) is 12.9. The van der Waals surface area contributed by atoms with Crippen LogP contribution in [0.4, 0.5) is 4.39 Å². The third kappa shape index (κ3) is 3.95. The number of Topliss-reactive ketones (excluding diaryl/α,β-unsaturated/α-hetero) is 1. The molecule has 1 aromatic carbocycles. The Bertz CT molecular complexity index is 946. The summed E-state index contributed by atoms with van der Waals surface area (Å²) < 4.78 is 20.3. The average Bonchev–Trinajstić information content (AvgIpc) is 3.20. The summed E-state index contributed by atoms with van der Waals surface area (Å²) in [7, 11) is 1.66. The Balaban J connectivity index is 1.78. The van der Waals surface area contributed by atoms with Crippen molar-refractivity contribution in [2.24, 2.45) is 0 Å². The summed E-state index contributed by atoms with van der Waals surface area (Å²) in [6.07, 6.45) is 0. The maximum atomic E-state index is 13.0. The van der Waals surface area contributed by atoms with Crippen LogP contribution in [0.15, 0.2) is 30.3 Å². The lowest BCUT2D eigenvalue weighted by molar-refractivity contribution is 0.0960. The second-order valence-electron chi connectivity index (χ2n) is 6.53. The largest absolute Gasteiger partial charge is 0.383 e. The molecule has 0 aliphatic carbocycles. The van der Waals surface area contributed by atoms with Gasteiger partial charge in [0.05, 0.1) is 12.6 Å². The van der Waals surface area contributed by atoms with Gasteiger partial charge in [-0.1, -0.05) is 0 Å². The lowest BCUT2D eigenvalue weighted by atomic mass is 10.1. The standard InChI is InChI=1S/C19H22FN5O2/c1-12-9-17(14(3)25(12)13(2)11-27-4)18(26)10-24-22-19(21-23-24)15-5-7-16(20)8-6-15/h5-9,13H,10-11H2,1-4H3. The Kier molecular flexibility index (Phi) is 5.46. The summed E-state index contributed by atoms with van der Waals surface area (Å²) >= 11 is 0. The van der Waals surface area contributed by atoms with E-state index in [0.29, 0.717) is 23.6 Å². The van der Waals surface area contributed by atoms with Crippen LogP contribution in [0.3, 0.4) is 0 Å². The number of carbonyl (C=O) groups excluding carboxylic acids is 1. The highest BCUT2D eigenvalue weighted by Gasteiger charge is 2.20. The Morgan fingerprint density at radius 2 is 1.96 bits per heavy atom. The number of tetrazole rings is 1. The van der Waals surface area contributed by atoms with E-state index in [9.17, 15) is 9.18 Å². The molecule has 3 rings (SSSR count). The number of aryl methyl sites for hydroxylation is 1. The van der Waals surface area contributed by atoms with Gasteiger partial charge < -0.3 is 9.30 Å². The van der Waals surface area contributed by atoms with Crippen LogP contribution in [-0.4, -0.2) is 44.3 Å². The molecule has 0 aliphatic rings. The molecule has 0 saturated carbocycles. The van der Waals surface area contributed by atoms with Crippen LogP contribution in [0, 0.1) is 19.7 Å². The zero-order chi connectivity index (χ0) is 19.6. The van der Waals surface area contributed by atoms with Gasteiger partial charge in [0.2, 0.25) is 5.82 Å². The highest BCUT2D eigenvalue weighted by atomic mass is 19.1. The minimum Gasteiger partial charge on any atom is -0.383 e. The van der Waals surface area contributed by atoms with Gasteiger partial charge in [-0.05, 0) is 56.3 Å². The molecule has 0 saturated heterocycles. The van der Waals surface area contributed by atoms with Gasteiger partial charge in [-0.25, -0.2) is 4.39 Å². The van der Waals surface area contributed by atoms with Crippen LogP contribution in [-0.2, 0) is 11.3 Å². The van der Waals surface area contributed by atoms with Crippen LogP contribution >= 0.6 is 0 Å². The van der Waals surface area contributed by atoms with Crippen molar-refractivity contribution in [1.82, 2.24) is 24.8 Å². The van der Waals surface area contributed by atoms with Gasteiger partial charge in [-0.2, -0.15) is 4.80 Å². The first-order valence-corrected chi connectivity index (χ1v) is 8.65. The zero-order valence-electron chi connectivity index (χ0n) is 15.8. The van der Waals surface area contributed by atoms with Gasteiger partial charge in [-0.15, -0.1) is 10.2 Å². The number of methoxy groups -OCH3 is 1. The van der Waals surface area contributed by atoms with Crippen LogP contribution in [0.25, 0.3) is 11.4 Å². The molecular weight excluding hydrogens is 349 g/mol. The number of nitrogens with zero attached hydrogens (tertiary/aromatic N) is 5. The minimum absolute atomic E-state index is 0.0167. The molecule has 0 bridgehead atoms. The third-order valence-electron chi connectivity index (χ3n) is 4.47. The molecule has 8 heteroatoms. The second kappa shape index (κ2) is 7.79. The van der Waals surface area contributed by atoms with E-state index in [1.54, 1.807) is 19.2 Å². The number of halogens is 1. The minimum atomic E-state index is -0.334. The Hall–Kier alpha value is -2.87. The first-order valence-electron chi connectivity index (χ1n) is 8.65. The molecule has 0 fully saturated rings. The Labute approximate surface area is 156 Å². The molecule has 0 aliphatic heterocycles. The van der Waals surface area contributed by atoms with E-state index < -0.39 is 0 Å². The van der Waals surface area contributed by atoms with Crippen molar-refractivity contribution in [2.75, 3.05) is 13.7 Å². The van der Waals surface area contributed by atoms with Gasteiger partial charge in [0, 0.05) is 29.6 Å². The maximum absolute atomic E-state index is 13.0. The van der Waals surface area contributed by atoms with Gasteiger partial charge in [-0.3, -0.25) is 4.79 Å². The summed E-state index contributed by atoms with van der Waals surface area (Å²) in [5.41, 5.74) is 3.16. The van der Waals surface area contributed by atoms with Gasteiger partial charge >= 0.3 is 0 Å². The average molecular weight is 371 g/mol. The topological polar surface area (TPSA) is 74.8 Å². The molecule has 0 amide bonds. The number of hydrogen-bond acceptors (Lipinski definition) is 5. The first kappa shape index (κ1) is 18.9. The summed E-state index contributed by atoms with van der Waals surface area (Å²) in [6.45, 7) is 6.49. The zero-order valence-corrected chi connectivity index (χ0v) is 15.8. The Morgan fingerprint density at radius 3 is 2.63 bits per heavy atom. The van der Waals surface area contributed by atoms with Gasteiger partial charge in [0.1, 0.15) is 12.4 Å². The number of ether oxygens (including phenoxy) is 1. The second-order valence-corrected chi connectivity index (χ2v) is 6.53. The Morgan fingerprint density at radius 1 is 1.26 bits per heavy atom. The van der Waals surface area contributed by atoms with E-state index >= 15 is 0 Å². The van der Waals surface area contributed by atoms with E-state index in [0.717, 1.165) is 11.4 Å². The smallest absolute Gasteiger partial charge is 0.204 e. The van der Waals surface area contributed by atoms with Crippen molar-refractivity contribution in [3.63, 3.8) is 0 Å². The number of benzene rings is 1. The fraction of sp³-hybridized carbons (Fsp3) is 0.368. The van der Waals surface area contributed by atoms with Crippen LogP contribution in [0.1, 0.15) is 34.7 Å². The van der Waals surface area contributed by atoms with E-state index in [2.05, 4.69) is 20.0 Å². The van der Waals surface area contributed by atoms with Crippen molar-refractivity contribution in [3.05, 3.63) is 53.1 Å². The van der Waals surface area contributed by atoms with Crippen LogP contribution in [0.5, 0.6) is 0 Å². The maximum Gasteiger partial charge on any atom is 0.204 e. The van der Waals surface area contributed by atoms with Crippen molar-refractivity contribution in [2.45, 2.75) is 33.4 Å². The molecule has 2 aromatic heterocycles. The fourth-order valence-electron chi connectivity index (χ4n) is 3.29. The lowest BCUT2D eigenvalue weighted by Crippen LogP contribution is -2.16. The van der Waals surface area contributed by atoms with E-state index in [1.165, 1.54) is 16.9 Å². The monoisotopic (exact) mass is 371 g/mol. The summed E-state index contributed by atoms with van der Waals surface area (Å²) in [5, 5.41) is 12.1. The molecular formula is C19H22FN5O2. The summed E-state index contributed by atoms with van der Waals surface area (Å²) in [6, 6.07) is 7.81. The molecule has 7 nitrogen and oxygen atoms in total. The SMILES string of the molecule is COCC(C)n1c(C)cc(C(=O)Cn2nnc(-c3ccc(F)cc3)n2)c1C. The molecule has 27 heavy (non-hydrogen) atoms. The number of carbonyl (C=O) groups is 1. The highest BCUT2D eigenvalue weighted by molar-refractivity contribution is 5.97. The van der Waals surface area contributed by atoms with Gasteiger partial charge in [0.15, 0.2) is 5.78 Å². The van der Waals surface area contributed by atoms with Crippen molar-refractivity contribution >= 4 is 5.78 Å². The van der Waals surface area contributed by atoms with Crippen molar-refractivity contribution in [1.29, 1.82) is 0 Å². The molecule has 0 radical (unpaired) electrons. The predicted octanol–water partition coefficient (Wildman–Crippen LogP) is 2.99. The predicted molar refractivity (Wildman–Crippen MR) is 98.0 cm³/mol. The lowest BCUT2D eigenvalue weighted by Gasteiger charge is -2.17. The molecule has 0 spiro atoms. The normalized spacial score (nSPS) is 12.3. The summed E-state index contributed by atoms with van der Waals surface area (Å²) in [5.74, 6) is -0.0802. The van der Waals surface area contributed by atoms with E-state index in [4.69, 9.17) is 4.74 Å². The van der Waals surface area contributed by atoms with E-state index in [1.807, 2.05) is 26.8 Å². The summed E-state index contributed by atoms with van der Waals surface area (Å²) in [4.78, 5) is 14.0. The van der Waals surface area contributed by atoms with Crippen molar-refractivity contribution < 1.29 is 13.9 Å². The number of hydrogen-bond donors (Lipinski definition) is 0. The third-order valence-corrected chi connectivity index (χ3v) is 4.47. The highest BCUT2D eigenvalue weighted by Crippen LogP contribution is 2.21. The number of ketones is 1. The van der Waals surface area contributed by atoms with Crippen molar-refractivity contribution in [3.8, 4) is 11.4 Å². The molecule has 1 atom stereocenters. The molecule has 3 aromatic rings.